The molecular formula is C12H11NO2. The van der Waals surface area contributed by atoms with E-state index in [4.69, 9.17) is 4.74 Å². The van der Waals surface area contributed by atoms with Crippen LogP contribution in [0.3, 0.4) is 0 Å². The molecule has 1 aromatic rings. The smallest absolute Gasteiger partial charge is 0.340 e. The molecule has 0 N–H and O–H groups in total. The highest BCUT2D eigenvalue weighted by Crippen LogP contribution is 2.21. The molecule has 0 aliphatic carbocycles. The minimum Gasteiger partial charge on any atom is -0.404 e. The van der Waals surface area contributed by atoms with Crippen molar-refractivity contribution in [2.45, 2.75) is 13.8 Å². The molecule has 0 amide bonds. The molecule has 1 aliphatic heterocycles. The molecule has 3 nitrogen and oxygen atoms in total. The van der Waals surface area contributed by atoms with Crippen LogP contribution in [-0.4, -0.2) is 11.9 Å². The monoisotopic (exact) mass is 201 g/mol. The quantitative estimate of drug-likeness (QED) is 0.655. The summed E-state index contributed by atoms with van der Waals surface area (Å²) in [5.41, 5.74) is 2.22. The first-order valence-corrected chi connectivity index (χ1v) is 4.72. The first-order valence-electron chi connectivity index (χ1n) is 4.72. The summed E-state index contributed by atoms with van der Waals surface area (Å²) >= 11 is 0. The van der Waals surface area contributed by atoms with Crippen molar-refractivity contribution >= 4 is 17.6 Å². The average molecular weight is 201 g/mol. The lowest BCUT2D eigenvalue weighted by atomic mass is 10.2. The Hall–Kier alpha value is -1.90. The van der Waals surface area contributed by atoms with Gasteiger partial charge >= 0.3 is 5.97 Å². The van der Waals surface area contributed by atoms with E-state index < -0.39 is 0 Å². The van der Waals surface area contributed by atoms with Crippen LogP contribution in [0.15, 0.2) is 46.5 Å². The van der Waals surface area contributed by atoms with E-state index in [2.05, 4.69) is 4.99 Å². The second kappa shape index (κ2) is 3.69. The molecule has 0 fully saturated rings. The van der Waals surface area contributed by atoms with Gasteiger partial charge in [-0.2, -0.15) is 0 Å². The summed E-state index contributed by atoms with van der Waals surface area (Å²) in [4.78, 5) is 15.5. The van der Waals surface area contributed by atoms with E-state index in [0.29, 0.717) is 11.5 Å². The maximum absolute atomic E-state index is 11.2. The van der Waals surface area contributed by atoms with Crippen LogP contribution in [0.2, 0.25) is 0 Å². The fourth-order valence-electron chi connectivity index (χ4n) is 1.28. The Morgan fingerprint density at radius 3 is 2.27 bits per heavy atom. The lowest BCUT2D eigenvalue weighted by Gasteiger charge is -1.97. The number of rotatable bonds is 1. The van der Waals surface area contributed by atoms with Gasteiger partial charge in [0.15, 0.2) is 0 Å². The van der Waals surface area contributed by atoms with Crippen molar-refractivity contribution in [3.05, 3.63) is 41.5 Å². The Balaban J connectivity index is 2.35. The van der Waals surface area contributed by atoms with Crippen LogP contribution in [0, 0.1) is 0 Å². The second-order valence-corrected chi connectivity index (χ2v) is 3.39. The van der Waals surface area contributed by atoms with Crippen molar-refractivity contribution in [1.29, 1.82) is 0 Å². The van der Waals surface area contributed by atoms with E-state index in [-0.39, 0.29) is 5.97 Å². The van der Waals surface area contributed by atoms with Crippen LogP contribution < -0.4 is 0 Å². The van der Waals surface area contributed by atoms with E-state index in [0.717, 1.165) is 11.3 Å². The van der Waals surface area contributed by atoms with Gasteiger partial charge in [0.2, 0.25) is 5.90 Å². The normalized spacial score (nSPS) is 18.5. The van der Waals surface area contributed by atoms with Gasteiger partial charge in [-0.3, -0.25) is 0 Å². The Bertz CT molecular complexity index is 458. The van der Waals surface area contributed by atoms with Gasteiger partial charge in [-0.15, -0.1) is 0 Å². The molecule has 0 atom stereocenters. The zero-order valence-electron chi connectivity index (χ0n) is 8.65. The summed E-state index contributed by atoms with van der Waals surface area (Å²) < 4.78 is 5.03. The van der Waals surface area contributed by atoms with Crippen LogP contribution in [0.5, 0.6) is 0 Å². The van der Waals surface area contributed by atoms with Gasteiger partial charge in [0.1, 0.15) is 0 Å². The Morgan fingerprint density at radius 1 is 1.07 bits per heavy atom. The minimum atomic E-state index is -0.304. The third-order valence-electron chi connectivity index (χ3n) is 2.37. The SMILES string of the molecule is CC1=C(C)C(=Nc2ccccc2)OC1=O. The molecule has 1 aliphatic rings. The Morgan fingerprint density at radius 2 is 1.73 bits per heavy atom. The molecule has 0 bridgehead atoms. The maximum atomic E-state index is 11.2. The molecule has 76 valence electrons. The fraction of sp³-hybridized carbons (Fsp3) is 0.167. The van der Waals surface area contributed by atoms with Crippen LogP contribution in [0.25, 0.3) is 0 Å². The molecular weight excluding hydrogens is 190 g/mol. The first-order chi connectivity index (χ1) is 7.18. The van der Waals surface area contributed by atoms with E-state index >= 15 is 0 Å². The second-order valence-electron chi connectivity index (χ2n) is 3.39. The summed E-state index contributed by atoms with van der Waals surface area (Å²) in [7, 11) is 0. The standard InChI is InChI=1S/C12H11NO2/c1-8-9(2)12(14)15-11(8)13-10-6-4-3-5-7-10/h3-7H,1-2H3. The summed E-state index contributed by atoms with van der Waals surface area (Å²) in [5, 5.41) is 0. The zero-order chi connectivity index (χ0) is 10.8. The number of esters is 1. The van der Waals surface area contributed by atoms with Crippen LogP contribution in [-0.2, 0) is 9.53 Å². The highest BCUT2D eigenvalue weighted by atomic mass is 16.5. The van der Waals surface area contributed by atoms with Gasteiger partial charge in [-0.1, -0.05) is 18.2 Å². The van der Waals surface area contributed by atoms with Gasteiger partial charge in [0.25, 0.3) is 0 Å². The van der Waals surface area contributed by atoms with Crippen LogP contribution in [0.4, 0.5) is 5.69 Å². The van der Waals surface area contributed by atoms with Crippen molar-refractivity contribution in [3.8, 4) is 0 Å². The number of aliphatic imine (C=N–C) groups is 1. The highest BCUT2D eigenvalue weighted by Gasteiger charge is 2.24. The van der Waals surface area contributed by atoms with Crippen molar-refractivity contribution in [2.75, 3.05) is 0 Å². The number of nitrogens with zero attached hydrogens (tertiary/aromatic N) is 1. The average Bonchev–Trinajstić information content (AvgIpc) is 2.48. The summed E-state index contributed by atoms with van der Waals surface area (Å²) in [6, 6.07) is 9.42. The lowest BCUT2D eigenvalue weighted by Crippen LogP contribution is -2.01. The summed E-state index contributed by atoms with van der Waals surface area (Å²) in [6.07, 6.45) is 0. The number of carbonyl (C=O) groups is 1. The molecule has 0 unspecified atom stereocenters. The molecule has 0 saturated carbocycles. The van der Waals surface area contributed by atoms with Crippen molar-refractivity contribution in [1.82, 2.24) is 0 Å². The zero-order valence-corrected chi connectivity index (χ0v) is 8.65. The van der Waals surface area contributed by atoms with Gasteiger partial charge in [-0.25, -0.2) is 9.79 Å². The summed E-state index contributed by atoms with van der Waals surface area (Å²) in [6.45, 7) is 3.58. The van der Waals surface area contributed by atoms with Crippen molar-refractivity contribution < 1.29 is 9.53 Å². The molecule has 1 aromatic carbocycles. The molecule has 1 heterocycles. The number of carbonyl (C=O) groups excluding carboxylic acids is 1. The molecule has 0 aromatic heterocycles. The molecule has 3 heteroatoms. The van der Waals surface area contributed by atoms with Gasteiger partial charge in [0, 0.05) is 11.1 Å². The number of para-hydroxylation sites is 1. The Kier molecular flexibility index (Phi) is 2.37. The van der Waals surface area contributed by atoms with Gasteiger partial charge in [0.05, 0.1) is 5.69 Å². The molecule has 0 spiro atoms. The van der Waals surface area contributed by atoms with Crippen LogP contribution in [0.1, 0.15) is 13.8 Å². The number of ether oxygens (including phenoxy) is 1. The number of hydrogen-bond acceptors (Lipinski definition) is 3. The minimum absolute atomic E-state index is 0.304. The number of cyclic esters (lactones) is 1. The summed E-state index contributed by atoms with van der Waals surface area (Å²) in [5.74, 6) is 0.103. The Labute approximate surface area is 88.1 Å². The molecule has 0 saturated heterocycles. The van der Waals surface area contributed by atoms with Crippen molar-refractivity contribution in [3.63, 3.8) is 0 Å². The van der Waals surface area contributed by atoms with Gasteiger partial charge < -0.3 is 4.74 Å². The molecule has 15 heavy (non-hydrogen) atoms. The molecule has 2 rings (SSSR count). The van der Waals surface area contributed by atoms with E-state index in [9.17, 15) is 4.79 Å². The number of benzene rings is 1. The van der Waals surface area contributed by atoms with Gasteiger partial charge in [-0.05, 0) is 26.0 Å². The van der Waals surface area contributed by atoms with E-state index in [1.807, 2.05) is 37.3 Å². The highest BCUT2D eigenvalue weighted by molar-refractivity contribution is 6.14. The predicted molar refractivity (Wildman–Crippen MR) is 58.0 cm³/mol. The van der Waals surface area contributed by atoms with Crippen LogP contribution >= 0.6 is 0 Å². The molecule has 0 radical (unpaired) electrons. The topological polar surface area (TPSA) is 38.7 Å². The fourth-order valence-corrected chi connectivity index (χ4v) is 1.28. The number of hydrogen-bond donors (Lipinski definition) is 0. The van der Waals surface area contributed by atoms with E-state index in [1.165, 1.54) is 0 Å². The van der Waals surface area contributed by atoms with Crippen molar-refractivity contribution in [2.24, 2.45) is 4.99 Å². The largest absolute Gasteiger partial charge is 0.404 e. The maximum Gasteiger partial charge on any atom is 0.340 e. The lowest BCUT2D eigenvalue weighted by molar-refractivity contribution is -0.130. The third-order valence-corrected chi connectivity index (χ3v) is 2.37. The first kappa shape index (κ1) is 9.65. The third kappa shape index (κ3) is 1.81. The predicted octanol–water partition coefficient (Wildman–Crippen LogP) is 2.61. The van der Waals surface area contributed by atoms with E-state index in [1.54, 1.807) is 6.92 Å².